The van der Waals surface area contributed by atoms with Crippen LogP contribution in [0.1, 0.15) is 33.1 Å². The van der Waals surface area contributed by atoms with Gasteiger partial charge in [-0.15, -0.1) is 0 Å². The zero-order chi connectivity index (χ0) is 15.4. The summed E-state index contributed by atoms with van der Waals surface area (Å²) in [4.78, 5) is 23.3. The first-order valence-electron chi connectivity index (χ1n) is 7.40. The molecule has 1 aromatic rings. The second kappa shape index (κ2) is 6.55. The Morgan fingerprint density at radius 3 is 2.38 bits per heavy atom. The highest BCUT2D eigenvalue weighted by molar-refractivity contribution is 5.71. The van der Waals surface area contributed by atoms with E-state index < -0.39 is 4.92 Å². The summed E-state index contributed by atoms with van der Waals surface area (Å²) in [5.74, 6) is 0.759. The van der Waals surface area contributed by atoms with Crippen LogP contribution >= 0.6 is 0 Å². The normalized spacial score (nSPS) is 15.0. The minimum absolute atomic E-state index is 0.0579. The maximum Gasteiger partial charge on any atom is 0.353 e. The van der Waals surface area contributed by atoms with Gasteiger partial charge in [0.2, 0.25) is 17.6 Å². The standard InChI is InChI=1S/C13H22N6O2/c1-3-17(4-2)13-15-11(14)10(19(20)21)12(16-13)18-8-6-5-7-9-18/h3-9H2,1-2H3,(H2,14,15,16). The van der Waals surface area contributed by atoms with Gasteiger partial charge >= 0.3 is 5.69 Å². The van der Waals surface area contributed by atoms with Crippen LogP contribution in [0.25, 0.3) is 0 Å². The van der Waals surface area contributed by atoms with E-state index in [2.05, 4.69) is 9.97 Å². The van der Waals surface area contributed by atoms with E-state index in [9.17, 15) is 10.1 Å². The number of rotatable bonds is 5. The van der Waals surface area contributed by atoms with E-state index in [4.69, 9.17) is 5.73 Å². The maximum absolute atomic E-state index is 11.3. The lowest BCUT2D eigenvalue weighted by Gasteiger charge is -2.28. The molecule has 0 spiro atoms. The van der Waals surface area contributed by atoms with Gasteiger partial charge < -0.3 is 15.5 Å². The van der Waals surface area contributed by atoms with E-state index in [1.54, 1.807) is 0 Å². The highest BCUT2D eigenvalue weighted by Crippen LogP contribution is 2.34. The molecule has 0 aliphatic carbocycles. The first kappa shape index (κ1) is 15.3. The molecule has 0 unspecified atom stereocenters. The molecule has 1 aromatic heterocycles. The monoisotopic (exact) mass is 294 g/mol. The van der Waals surface area contributed by atoms with Crippen LogP contribution in [0.15, 0.2) is 0 Å². The quantitative estimate of drug-likeness (QED) is 0.652. The molecular formula is C13H22N6O2. The average Bonchev–Trinajstić information content (AvgIpc) is 2.48. The second-order valence-electron chi connectivity index (χ2n) is 5.06. The van der Waals surface area contributed by atoms with Crippen molar-refractivity contribution in [2.24, 2.45) is 0 Å². The van der Waals surface area contributed by atoms with Gasteiger partial charge in [-0.3, -0.25) is 10.1 Å². The first-order chi connectivity index (χ1) is 10.1. The van der Waals surface area contributed by atoms with Crippen LogP contribution in [-0.4, -0.2) is 41.1 Å². The van der Waals surface area contributed by atoms with Crippen molar-refractivity contribution in [1.82, 2.24) is 9.97 Å². The molecule has 2 N–H and O–H groups in total. The predicted octanol–water partition coefficient (Wildman–Crippen LogP) is 1.80. The number of hydrogen-bond donors (Lipinski definition) is 1. The van der Waals surface area contributed by atoms with Crippen molar-refractivity contribution in [3.8, 4) is 0 Å². The highest BCUT2D eigenvalue weighted by Gasteiger charge is 2.28. The summed E-state index contributed by atoms with van der Waals surface area (Å²) in [7, 11) is 0. The summed E-state index contributed by atoms with van der Waals surface area (Å²) in [6, 6.07) is 0. The van der Waals surface area contributed by atoms with Gasteiger partial charge in [0.05, 0.1) is 4.92 Å². The van der Waals surface area contributed by atoms with Crippen molar-refractivity contribution in [2.45, 2.75) is 33.1 Å². The van der Waals surface area contributed by atoms with Crippen LogP contribution in [-0.2, 0) is 0 Å². The molecule has 1 fully saturated rings. The Bertz CT molecular complexity index is 512. The second-order valence-corrected chi connectivity index (χ2v) is 5.06. The predicted molar refractivity (Wildman–Crippen MR) is 82.7 cm³/mol. The average molecular weight is 294 g/mol. The van der Waals surface area contributed by atoms with E-state index in [0.717, 1.165) is 45.4 Å². The van der Waals surface area contributed by atoms with E-state index in [0.29, 0.717) is 11.8 Å². The summed E-state index contributed by atoms with van der Waals surface area (Å²) < 4.78 is 0. The van der Waals surface area contributed by atoms with Gasteiger partial charge in [-0.25, -0.2) is 0 Å². The number of anilines is 3. The Morgan fingerprint density at radius 1 is 1.24 bits per heavy atom. The molecular weight excluding hydrogens is 272 g/mol. The Hall–Kier alpha value is -2.12. The van der Waals surface area contributed by atoms with Crippen molar-refractivity contribution >= 4 is 23.3 Å². The highest BCUT2D eigenvalue weighted by atomic mass is 16.6. The fourth-order valence-electron chi connectivity index (χ4n) is 2.60. The van der Waals surface area contributed by atoms with Gasteiger partial charge in [-0.1, -0.05) is 0 Å². The van der Waals surface area contributed by atoms with Crippen molar-refractivity contribution < 1.29 is 4.92 Å². The van der Waals surface area contributed by atoms with Gasteiger partial charge in [-0.05, 0) is 33.1 Å². The minimum atomic E-state index is -0.481. The fraction of sp³-hybridized carbons (Fsp3) is 0.692. The molecule has 116 valence electrons. The molecule has 0 bridgehead atoms. The van der Waals surface area contributed by atoms with Crippen molar-refractivity contribution in [3.05, 3.63) is 10.1 Å². The smallest absolute Gasteiger partial charge is 0.353 e. The molecule has 1 aliphatic heterocycles. The molecule has 8 nitrogen and oxygen atoms in total. The van der Waals surface area contributed by atoms with Crippen molar-refractivity contribution in [1.29, 1.82) is 0 Å². The minimum Gasteiger partial charge on any atom is -0.378 e. The molecule has 0 atom stereocenters. The SMILES string of the molecule is CCN(CC)c1nc(N)c([N+](=O)[O-])c(N2CCCCC2)n1. The Kier molecular flexibility index (Phi) is 4.77. The molecule has 0 radical (unpaired) electrons. The van der Waals surface area contributed by atoms with Crippen LogP contribution in [0.5, 0.6) is 0 Å². The topological polar surface area (TPSA) is 101 Å². The van der Waals surface area contributed by atoms with Gasteiger partial charge in [0.25, 0.3) is 0 Å². The van der Waals surface area contributed by atoms with Gasteiger partial charge in [-0.2, -0.15) is 9.97 Å². The fourth-order valence-corrected chi connectivity index (χ4v) is 2.60. The maximum atomic E-state index is 11.3. The van der Waals surface area contributed by atoms with Gasteiger partial charge in [0.1, 0.15) is 0 Å². The van der Waals surface area contributed by atoms with Crippen LogP contribution in [0.3, 0.4) is 0 Å². The summed E-state index contributed by atoms with van der Waals surface area (Å²) in [5.41, 5.74) is 5.66. The first-order valence-corrected chi connectivity index (χ1v) is 7.40. The van der Waals surface area contributed by atoms with Gasteiger partial charge in [0, 0.05) is 26.2 Å². The zero-order valence-corrected chi connectivity index (χ0v) is 12.6. The molecule has 2 heterocycles. The molecule has 1 aliphatic rings. The summed E-state index contributed by atoms with van der Waals surface area (Å²) in [6.45, 7) is 6.99. The number of aromatic nitrogens is 2. The number of nitrogen functional groups attached to an aromatic ring is 1. The number of nitrogens with two attached hydrogens (primary N) is 1. The number of nitro groups is 1. The van der Waals surface area contributed by atoms with E-state index >= 15 is 0 Å². The third-order valence-electron chi connectivity index (χ3n) is 3.77. The Balaban J connectivity index is 2.49. The molecule has 8 heteroatoms. The number of hydrogen-bond acceptors (Lipinski definition) is 7. The van der Waals surface area contributed by atoms with Crippen molar-refractivity contribution in [3.63, 3.8) is 0 Å². The number of nitrogens with zero attached hydrogens (tertiary/aromatic N) is 5. The zero-order valence-electron chi connectivity index (χ0n) is 12.6. The number of piperidine rings is 1. The molecule has 0 amide bonds. The van der Waals surface area contributed by atoms with Crippen LogP contribution < -0.4 is 15.5 Å². The van der Waals surface area contributed by atoms with Crippen LogP contribution in [0.2, 0.25) is 0 Å². The van der Waals surface area contributed by atoms with E-state index in [1.165, 1.54) is 0 Å². The molecule has 2 rings (SSSR count). The molecule has 1 saturated heterocycles. The summed E-state index contributed by atoms with van der Waals surface area (Å²) in [5, 5.41) is 11.3. The lowest BCUT2D eigenvalue weighted by atomic mass is 10.1. The lowest BCUT2D eigenvalue weighted by molar-refractivity contribution is -0.383. The molecule has 0 aromatic carbocycles. The summed E-state index contributed by atoms with van der Waals surface area (Å²) >= 11 is 0. The van der Waals surface area contributed by atoms with Crippen LogP contribution in [0, 0.1) is 10.1 Å². The van der Waals surface area contributed by atoms with E-state index in [-0.39, 0.29) is 11.5 Å². The molecule has 0 saturated carbocycles. The van der Waals surface area contributed by atoms with Crippen LogP contribution in [0.4, 0.5) is 23.3 Å². The van der Waals surface area contributed by atoms with E-state index in [1.807, 2.05) is 23.6 Å². The largest absolute Gasteiger partial charge is 0.378 e. The van der Waals surface area contributed by atoms with Crippen molar-refractivity contribution in [2.75, 3.05) is 41.7 Å². The lowest BCUT2D eigenvalue weighted by Crippen LogP contribution is -2.32. The third kappa shape index (κ3) is 3.14. The Morgan fingerprint density at radius 2 is 1.86 bits per heavy atom. The molecule has 21 heavy (non-hydrogen) atoms. The third-order valence-corrected chi connectivity index (χ3v) is 3.77. The van der Waals surface area contributed by atoms with Gasteiger partial charge in [0.15, 0.2) is 0 Å². The Labute approximate surface area is 124 Å². The summed E-state index contributed by atoms with van der Waals surface area (Å²) in [6.07, 6.45) is 3.18.